The van der Waals surface area contributed by atoms with Crippen molar-refractivity contribution in [1.82, 2.24) is 0 Å². The van der Waals surface area contributed by atoms with Crippen LogP contribution < -0.4 is 3.93 Å². The highest BCUT2D eigenvalue weighted by Crippen LogP contribution is 2.52. The Morgan fingerprint density at radius 2 is 1.91 bits per heavy atom. The van der Waals surface area contributed by atoms with E-state index in [1.165, 1.54) is 50.2 Å². The van der Waals surface area contributed by atoms with Gasteiger partial charge in [0.2, 0.25) is 0 Å². The van der Waals surface area contributed by atoms with E-state index in [0.29, 0.717) is 6.04 Å². The summed E-state index contributed by atoms with van der Waals surface area (Å²) in [4.78, 5) is 0. The quantitative estimate of drug-likeness (QED) is 0.575. The highest BCUT2D eigenvalue weighted by atomic mass is 79.9. The van der Waals surface area contributed by atoms with Gasteiger partial charge in [-0.05, 0) is 86.1 Å². The maximum absolute atomic E-state index is 3.83. The summed E-state index contributed by atoms with van der Waals surface area (Å²) in [7, 11) is 0. The van der Waals surface area contributed by atoms with Gasteiger partial charge in [-0.3, -0.25) is 3.93 Å². The van der Waals surface area contributed by atoms with E-state index in [1.807, 2.05) is 0 Å². The van der Waals surface area contributed by atoms with Gasteiger partial charge in [0.05, 0.1) is 27.9 Å². The Labute approximate surface area is 147 Å². The molecule has 0 amide bonds. The van der Waals surface area contributed by atoms with Gasteiger partial charge < -0.3 is 0 Å². The second-order valence-electron chi connectivity index (χ2n) is 6.99. The second kappa shape index (κ2) is 5.24. The molecule has 0 aromatic heterocycles. The standard InChI is InChI=1S/C21H22BrN/c1-12-9-19-18(11-17(12)10-16-7-5-6-8-16)20-14(3)13(2)15(4)21(20)23(19)22/h5-7,9,11,21H,8,10H2,1-4H3. The summed E-state index contributed by atoms with van der Waals surface area (Å²) in [6.07, 6.45) is 8.85. The molecule has 118 valence electrons. The van der Waals surface area contributed by atoms with Crippen LogP contribution in [0.2, 0.25) is 0 Å². The molecule has 2 heteroatoms. The van der Waals surface area contributed by atoms with E-state index >= 15 is 0 Å². The minimum atomic E-state index is 0.368. The molecular weight excluding hydrogens is 346 g/mol. The van der Waals surface area contributed by atoms with Crippen LogP contribution in [-0.2, 0) is 6.42 Å². The van der Waals surface area contributed by atoms with Crippen LogP contribution in [-0.4, -0.2) is 6.04 Å². The van der Waals surface area contributed by atoms with Gasteiger partial charge in [-0.1, -0.05) is 23.8 Å². The molecule has 1 aliphatic heterocycles. The van der Waals surface area contributed by atoms with Gasteiger partial charge >= 0.3 is 0 Å². The van der Waals surface area contributed by atoms with Gasteiger partial charge in [-0.2, -0.15) is 0 Å². The molecule has 0 saturated heterocycles. The van der Waals surface area contributed by atoms with Crippen molar-refractivity contribution in [3.63, 3.8) is 0 Å². The lowest BCUT2D eigenvalue weighted by molar-refractivity contribution is 1.02. The van der Waals surface area contributed by atoms with Crippen LogP contribution in [0.4, 0.5) is 5.69 Å². The van der Waals surface area contributed by atoms with E-state index in [9.17, 15) is 0 Å². The Morgan fingerprint density at radius 3 is 2.61 bits per heavy atom. The zero-order valence-electron chi connectivity index (χ0n) is 14.2. The Balaban J connectivity index is 1.81. The van der Waals surface area contributed by atoms with Crippen LogP contribution in [0.3, 0.4) is 0 Å². The van der Waals surface area contributed by atoms with Crippen LogP contribution in [0.5, 0.6) is 0 Å². The molecule has 0 N–H and O–H groups in total. The molecule has 1 aromatic rings. The highest BCUT2D eigenvalue weighted by molar-refractivity contribution is 9.10. The van der Waals surface area contributed by atoms with Gasteiger partial charge in [-0.15, -0.1) is 0 Å². The van der Waals surface area contributed by atoms with Crippen LogP contribution in [0, 0.1) is 6.92 Å². The van der Waals surface area contributed by atoms with E-state index in [2.05, 4.69) is 78.1 Å². The van der Waals surface area contributed by atoms with Crippen LogP contribution in [0.1, 0.15) is 43.9 Å². The molecule has 1 nitrogen and oxygen atoms in total. The van der Waals surface area contributed by atoms with Crippen molar-refractivity contribution in [2.75, 3.05) is 3.93 Å². The summed E-state index contributed by atoms with van der Waals surface area (Å²) >= 11 is 3.83. The number of allylic oxidation sites excluding steroid dienone is 6. The maximum Gasteiger partial charge on any atom is 0.0879 e. The van der Waals surface area contributed by atoms with Crippen molar-refractivity contribution >= 4 is 27.4 Å². The number of anilines is 1. The number of fused-ring (bicyclic) bond motifs is 3. The lowest BCUT2D eigenvalue weighted by Gasteiger charge is -2.20. The van der Waals surface area contributed by atoms with Crippen molar-refractivity contribution in [1.29, 1.82) is 0 Å². The van der Waals surface area contributed by atoms with Crippen LogP contribution in [0.25, 0.3) is 5.57 Å². The smallest absolute Gasteiger partial charge is 0.0879 e. The predicted molar refractivity (Wildman–Crippen MR) is 103 cm³/mol. The van der Waals surface area contributed by atoms with Gasteiger partial charge in [0.25, 0.3) is 0 Å². The molecule has 1 atom stereocenters. The van der Waals surface area contributed by atoms with Crippen molar-refractivity contribution < 1.29 is 0 Å². The maximum atomic E-state index is 3.83. The van der Waals surface area contributed by atoms with Crippen molar-refractivity contribution in [2.45, 2.75) is 46.6 Å². The van der Waals surface area contributed by atoms with E-state index in [1.54, 1.807) is 0 Å². The molecule has 0 radical (unpaired) electrons. The third-order valence-electron chi connectivity index (χ3n) is 5.71. The average molecular weight is 368 g/mol. The number of nitrogens with zero attached hydrogens (tertiary/aromatic N) is 1. The topological polar surface area (TPSA) is 3.24 Å². The zero-order chi connectivity index (χ0) is 16.3. The first-order valence-corrected chi connectivity index (χ1v) is 9.02. The molecule has 0 bridgehead atoms. The summed E-state index contributed by atoms with van der Waals surface area (Å²) in [5, 5.41) is 0. The van der Waals surface area contributed by atoms with Crippen LogP contribution in [0.15, 0.2) is 52.7 Å². The molecule has 0 saturated carbocycles. The van der Waals surface area contributed by atoms with E-state index in [0.717, 1.165) is 12.8 Å². The van der Waals surface area contributed by atoms with E-state index in [4.69, 9.17) is 0 Å². The highest BCUT2D eigenvalue weighted by Gasteiger charge is 2.40. The second-order valence-corrected chi connectivity index (χ2v) is 7.75. The monoisotopic (exact) mass is 367 g/mol. The van der Waals surface area contributed by atoms with Crippen LogP contribution >= 0.6 is 16.1 Å². The molecule has 0 spiro atoms. The molecule has 4 rings (SSSR count). The third kappa shape index (κ3) is 2.11. The Kier molecular flexibility index (Phi) is 3.42. The van der Waals surface area contributed by atoms with Crippen molar-refractivity contribution in [2.24, 2.45) is 0 Å². The summed E-state index contributed by atoms with van der Waals surface area (Å²) < 4.78 is 2.28. The summed E-state index contributed by atoms with van der Waals surface area (Å²) in [5.41, 5.74) is 12.9. The fourth-order valence-electron chi connectivity index (χ4n) is 4.08. The fraction of sp³-hybridized carbons (Fsp3) is 0.333. The third-order valence-corrected chi connectivity index (χ3v) is 6.50. The molecular formula is C21H22BrN. The number of aryl methyl sites for hydroxylation is 1. The molecule has 2 aliphatic carbocycles. The van der Waals surface area contributed by atoms with Gasteiger partial charge in [0.1, 0.15) is 0 Å². The first-order valence-electron chi connectivity index (χ1n) is 8.31. The van der Waals surface area contributed by atoms with Gasteiger partial charge in [-0.25, -0.2) is 0 Å². The first kappa shape index (κ1) is 15.0. The number of halogens is 1. The summed E-state index contributed by atoms with van der Waals surface area (Å²) in [6.45, 7) is 9.02. The molecule has 1 heterocycles. The number of hydrogen-bond donors (Lipinski definition) is 0. The van der Waals surface area contributed by atoms with Crippen molar-refractivity contribution in [3.05, 3.63) is 69.3 Å². The molecule has 0 fully saturated rings. The molecule has 1 aromatic carbocycles. The van der Waals surface area contributed by atoms with E-state index < -0.39 is 0 Å². The Morgan fingerprint density at radius 1 is 1.13 bits per heavy atom. The Bertz CT molecular complexity index is 836. The lowest BCUT2D eigenvalue weighted by Crippen LogP contribution is -2.21. The minimum Gasteiger partial charge on any atom is -0.297 e. The van der Waals surface area contributed by atoms with Crippen molar-refractivity contribution in [3.8, 4) is 0 Å². The largest absolute Gasteiger partial charge is 0.297 e. The minimum absolute atomic E-state index is 0.368. The first-order chi connectivity index (χ1) is 11.0. The average Bonchev–Trinajstić information content (AvgIpc) is 3.18. The normalized spacial score (nSPS) is 22.2. The van der Waals surface area contributed by atoms with Gasteiger partial charge in [0, 0.05) is 5.56 Å². The molecule has 23 heavy (non-hydrogen) atoms. The summed E-state index contributed by atoms with van der Waals surface area (Å²) in [5.74, 6) is 0. The SMILES string of the molecule is CC1=C(C)C2C(=C1C)c1cc(CC3=CC=CC3)c(C)cc1N2Br. The zero-order valence-corrected chi connectivity index (χ0v) is 15.8. The number of rotatable bonds is 2. The van der Waals surface area contributed by atoms with E-state index in [-0.39, 0.29) is 0 Å². The molecule has 3 aliphatic rings. The fourth-order valence-corrected chi connectivity index (χ4v) is 4.89. The summed E-state index contributed by atoms with van der Waals surface area (Å²) in [6, 6.07) is 5.15. The number of hydrogen-bond acceptors (Lipinski definition) is 1. The molecule has 1 unspecified atom stereocenters. The van der Waals surface area contributed by atoms with Gasteiger partial charge in [0.15, 0.2) is 0 Å². The lowest BCUT2D eigenvalue weighted by atomic mass is 9.93. The number of benzene rings is 1. The Hall–Kier alpha value is -1.54. The predicted octanol–water partition coefficient (Wildman–Crippen LogP) is 6.05.